The van der Waals surface area contributed by atoms with Crippen LogP contribution in [-0.2, 0) is 0 Å². The lowest BCUT2D eigenvalue weighted by atomic mass is 10.1. The maximum atomic E-state index is 12.3. The van der Waals surface area contributed by atoms with Crippen LogP contribution in [0.3, 0.4) is 0 Å². The van der Waals surface area contributed by atoms with Crippen molar-refractivity contribution in [1.29, 1.82) is 0 Å². The molecule has 4 heteroatoms. The van der Waals surface area contributed by atoms with E-state index in [1.165, 1.54) is 6.42 Å². The van der Waals surface area contributed by atoms with Gasteiger partial charge >= 0.3 is 0 Å². The fourth-order valence-corrected chi connectivity index (χ4v) is 2.57. The van der Waals surface area contributed by atoms with Gasteiger partial charge in [-0.2, -0.15) is 0 Å². The maximum Gasteiger partial charge on any atom is 0.289 e. The SMILES string of the molecule is Nc1ccccc1-c1ccc(C(=O)N2CCCCC2)o1. The summed E-state index contributed by atoms with van der Waals surface area (Å²) in [4.78, 5) is 14.2. The van der Waals surface area contributed by atoms with Crippen LogP contribution in [0.5, 0.6) is 0 Å². The van der Waals surface area contributed by atoms with Crippen molar-refractivity contribution in [2.45, 2.75) is 19.3 Å². The smallest absolute Gasteiger partial charge is 0.289 e. The summed E-state index contributed by atoms with van der Waals surface area (Å²) in [6.45, 7) is 1.64. The number of hydrogen-bond donors (Lipinski definition) is 1. The Morgan fingerprint density at radius 2 is 1.80 bits per heavy atom. The van der Waals surface area contributed by atoms with Crippen molar-refractivity contribution in [3.8, 4) is 11.3 Å². The number of hydrogen-bond acceptors (Lipinski definition) is 3. The minimum Gasteiger partial charge on any atom is -0.451 e. The topological polar surface area (TPSA) is 59.5 Å². The molecule has 0 spiro atoms. The lowest BCUT2D eigenvalue weighted by Crippen LogP contribution is -2.35. The first-order valence-corrected chi connectivity index (χ1v) is 7.00. The molecule has 3 rings (SSSR count). The summed E-state index contributed by atoms with van der Waals surface area (Å²) in [5, 5.41) is 0. The van der Waals surface area contributed by atoms with Crippen molar-refractivity contribution in [3.63, 3.8) is 0 Å². The van der Waals surface area contributed by atoms with Gasteiger partial charge in [0.2, 0.25) is 0 Å². The highest BCUT2D eigenvalue weighted by atomic mass is 16.4. The number of amides is 1. The van der Waals surface area contributed by atoms with Crippen LogP contribution in [0.4, 0.5) is 5.69 Å². The summed E-state index contributed by atoms with van der Waals surface area (Å²) in [6.07, 6.45) is 3.35. The van der Waals surface area contributed by atoms with Gasteiger partial charge in [0.05, 0.1) is 0 Å². The molecule has 0 unspecified atom stereocenters. The maximum absolute atomic E-state index is 12.3. The van der Waals surface area contributed by atoms with Crippen molar-refractivity contribution in [3.05, 3.63) is 42.2 Å². The molecule has 4 nitrogen and oxygen atoms in total. The molecule has 0 bridgehead atoms. The second-order valence-corrected chi connectivity index (χ2v) is 5.10. The van der Waals surface area contributed by atoms with E-state index < -0.39 is 0 Å². The number of furan rings is 1. The van der Waals surface area contributed by atoms with E-state index in [1.54, 1.807) is 6.07 Å². The predicted molar refractivity (Wildman–Crippen MR) is 78.3 cm³/mol. The Morgan fingerprint density at radius 3 is 2.55 bits per heavy atom. The Morgan fingerprint density at radius 1 is 1.05 bits per heavy atom. The van der Waals surface area contributed by atoms with E-state index >= 15 is 0 Å². The third kappa shape index (κ3) is 2.41. The summed E-state index contributed by atoms with van der Waals surface area (Å²) in [7, 11) is 0. The minimum atomic E-state index is -0.0227. The molecule has 2 heterocycles. The van der Waals surface area contributed by atoms with Gasteiger partial charge in [0.1, 0.15) is 5.76 Å². The first kappa shape index (κ1) is 12.8. The van der Waals surface area contributed by atoms with E-state index in [2.05, 4.69) is 0 Å². The van der Waals surface area contributed by atoms with Gasteiger partial charge in [-0.3, -0.25) is 4.79 Å². The zero-order valence-electron chi connectivity index (χ0n) is 11.3. The molecule has 104 valence electrons. The van der Waals surface area contributed by atoms with Gasteiger partial charge in [0.25, 0.3) is 5.91 Å². The standard InChI is InChI=1S/C16H18N2O2/c17-13-7-3-2-6-12(13)14-8-9-15(20-14)16(19)18-10-4-1-5-11-18/h2-3,6-9H,1,4-5,10-11,17H2. The Bertz CT molecular complexity index is 612. The van der Waals surface area contributed by atoms with Crippen LogP contribution in [0, 0.1) is 0 Å². The zero-order valence-corrected chi connectivity index (χ0v) is 11.3. The normalized spacial score (nSPS) is 15.3. The summed E-state index contributed by atoms with van der Waals surface area (Å²) in [5.41, 5.74) is 7.40. The fraction of sp³-hybridized carbons (Fsp3) is 0.312. The quantitative estimate of drug-likeness (QED) is 0.853. The zero-order chi connectivity index (χ0) is 13.9. The Kier molecular flexibility index (Phi) is 3.46. The highest BCUT2D eigenvalue weighted by Crippen LogP contribution is 2.28. The molecule has 0 atom stereocenters. The molecule has 0 saturated carbocycles. The third-order valence-corrected chi connectivity index (χ3v) is 3.69. The van der Waals surface area contributed by atoms with E-state index in [4.69, 9.17) is 10.2 Å². The van der Waals surface area contributed by atoms with Gasteiger partial charge in [-0.15, -0.1) is 0 Å². The molecule has 1 aliphatic heterocycles. The molecule has 0 aliphatic carbocycles. The molecule has 2 N–H and O–H groups in total. The van der Waals surface area contributed by atoms with Gasteiger partial charge in [0, 0.05) is 24.3 Å². The number of nitrogens with two attached hydrogens (primary N) is 1. The Hall–Kier alpha value is -2.23. The number of rotatable bonds is 2. The molecular formula is C16H18N2O2. The van der Waals surface area contributed by atoms with Gasteiger partial charge in [-0.1, -0.05) is 12.1 Å². The number of piperidine rings is 1. The van der Waals surface area contributed by atoms with Crippen LogP contribution in [0.25, 0.3) is 11.3 Å². The van der Waals surface area contributed by atoms with Gasteiger partial charge in [0.15, 0.2) is 5.76 Å². The molecular weight excluding hydrogens is 252 g/mol. The highest BCUT2D eigenvalue weighted by Gasteiger charge is 2.21. The number of anilines is 1. The fourth-order valence-electron chi connectivity index (χ4n) is 2.57. The van der Waals surface area contributed by atoms with Crippen molar-refractivity contribution < 1.29 is 9.21 Å². The minimum absolute atomic E-state index is 0.0227. The molecule has 1 saturated heterocycles. The average Bonchev–Trinajstić information content (AvgIpc) is 2.97. The Labute approximate surface area is 118 Å². The van der Waals surface area contributed by atoms with Crippen molar-refractivity contribution in [2.75, 3.05) is 18.8 Å². The second-order valence-electron chi connectivity index (χ2n) is 5.10. The molecule has 1 fully saturated rings. The first-order chi connectivity index (χ1) is 9.75. The van der Waals surface area contributed by atoms with Crippen molar-refractivity contribution in [2.24, 2.45) is 0 Å². The van der Waals surface area contributed by atoms with Crippen LogP contribution < -0.4 is 5.73 Å². The monoisotopic (exact) mass is 270 g/mol. The van der Waals surface area contributed by atoms with Gasteiger partial charge < -0.3 is 15.1 Å². The van der Waals surface area contributed by atoms with Crippen molar-refractivity contribution >= 4 is 11.6 Å². The molecule has 1 aliphatic rings. The molecule has 1 aromatic heterocycles. The van der Waals surface area contributed by atoms with E-state index in [0.29, 0.717) is 17.2 Å². The lowest BCUT2D eigenvalue weighted by molar-refractivity contribution is 0.0693. The number of carbonyl (C=O) groups is 1. The first-order valence-electron chi connectivity index (χ1n) is 7.00. The molecule has 1 aromatic carbocycles. The van der Waals surface area contributed by atoms with Crippen LogP contribution in [0.1, 0.15) is 29.8 Å². The summed E-state index contributed by atoms with van der Waals surface area (Å²) >= 11 is 0. The average molecular weight is 270 g/mol. The van der Waals surface area contributed by atoms with E-state index in [0.717, 1.165) is 31.5 Å². The van der Waals surface area contributed by atoms with E-state index in [-0.39, 0.29) is 5.91 Å². The van der Waals surface area contributed by atoms with Gasteiger partial charge in [-0.05, 0) is 43.5 Å². The number of nitrogens with zero attached hydrogens (tertiary/aromatic N) is 1. The number of carbonyl (C=O) groups excluding carboxylic acids is 1. The summed E-state index contributed by atoms with van der Waals surface area (Å²) < 4.78 is 5.69. The predicted octanol–water partition coefficient (Wildman–Crippen LogP) is 3.15. The number of para-hydroxylation sites is 1. The van der Waals surface area contributed by atoms with Crippen LogP contribution in [0.15, 0.2) is 40.8 Å². The molecule has 2 aromatic rings. The third-order valence-electron chi connectivity index (χ3n) is 3.69. The number of nitrogen functional groups attached to an aromatic ring is 1. The number of benzene rings is 1. The van der Waals surface area contributed by atoms with Gasteiger partial charge in [-0.25, -0.2) is 0 Å². The Balaban J connectivity index is 1.83. The van der Waals surface area contributed by atoms with E-state index in [1.807, 2.05) is 35.2 Å². The molecule has 1 amide bonds. The van der Waals surface area contributed by atoms with Crippen LogP contribution in [0.2, 0.25) is 0 Å². The van der Waals surface area contributed by atoms with E-state index in [9.17, 15) is 4.79 Å². The highest BCUT2D eigenvalue weighted by molar-refractivity contribution is 5.92. The second kappa shape index (κ2) is 5.41. The molecule has 0 radical (unpaired) electrons. The summed E-state index contributed by atoms with van der Waals surface area (Å²) in [6, 6.07) is 11.0. The molecule has 20 heavy (non-hydrogen) atoms. The number of likely N-dealkylation sites (tertiary alicyclic amines) is 1. The summed E-state index contributed by atoms with van der Waals surface area (Å²) in [5.74, 6) is 1.01. The largest absolute Gasteiger partial charge is 0.451 e. The lowest BCUT2D eigenvalue weighted by Gasteiger charge is -2.25. The van der Waals surface area contributed by atoms with Crippen LogP contribution in [-0.4, -0.2) is 23.9 Å². The van der Waals surface area contributed by atoms with Crippen LogP contribution >= 0.6 is 0 Å². The van der Waals surface area contributed by atoms with Crippen molar-refractivity contribution in [1.82, 2.24) is 4.90 Å².